The fourth-order valence-corrected chi connectivity index (χ4v) is 5.02. The van der Waals surface area contributed by atoms with E-state index in [9.17, 15) is 4.79 Å². The van der Waals surface area contributed by atoms with Crippen LogP contribution in [0.4, 0.5) is 0 Å². The van der Waals surface area contributed by atoms with Gasteiger partial charge in [0.05, 0.1) is 0 Å². The van der Waals surface area contributed by atoms with Crippen LogP contribution in [-0.2, 0) is 0 Å². The zero-order valence-electron chi connectivity index (χ0n) is 12.4. The van der Waals surface area contributed by atoms with E-state index in [1.165, 1.54) is 50.3 Å². The molecule has 3 rings (SSSR count). The van der Waals surface area contributed by atoms with E-state index in [1.54, 1.807) is 11.3 Å². The number of piperidine rings is 1. The molecule has 2 saturated heterocycles. The minimum atomic E-state index is 0.0861. The normalized spacial score (nSPS) is 22.3. The molecule has 5 heteroatoms. The van der Waals surface area contributed by atoms with E-state index >= 15 is 0 Å². The molecule has 2 aliphatic rings. The lowest BCUT2D eigenvalue weighted by Gasteiger charge is -2.39. The van der Waals surface area contributed by atoms with E-state index in [1.807, 2.05) is 16.8 Å². The van der Waals surface area contributed by atoms with Gasteiger partial charge in [-0.1, -0.05) is 0 Å². The Labute approximate surface area is 135 Å². The van der Waals surface area contributed by atoms with Gasteiger partial charge >= 0.3 is 0 Å². The summed E-state index contributed by atoms with van der Waals surface area (Å²) in [6, 6.07) is 2.72. The lowest BCUT2D eigenvalue weighted by atomic mass is 9.94. The van der Waals surface area contributed by atoms with E-state index in [4.69, 9.17) is 0 Å². The Kier molecular flexibility index (Phi) is 5.61. The van der Waals surface area contributed by atoms with Gasteiger partial charge in [-0.05, 0) is 67.6 Å². The van der Waals surface area contributed by atoms with Crippen molar-refractivity contribution in [3.8, 4) is 0 Å². The minimum absolute atomic E-state index is 0.0861. The topological polar surface area (TPSA) is 32.3 Å². The Bertz CT molecular complexity index is 435. The highest BCUT2D eigenvalue weighted by molar-refractivity contribution is 7.99. The molecule has 0 spiro atoms. The molecular weight excluding hydrogens is 300 g/mol. The number of carbonyl (C=O) groups excluding carboxylic acids is 1. The molecule has 2 fully saturated rings. The molecule has 1 amide bonds. The Morgan fingerprint density at radius 1 is 1.24 bits per heavy atom. The number of hydrogen-bond donors (Lipinski definition) is 1. The summed E-state index contributed by atoms with van der Waals surface area (Å²) in [6.07, 6.45) is 5.19. The van der Waals surface area contributed by atoms with Gasteiger partial charge in [-0.2, -0.15) is 23.1 Å². The first-order valence-electron chi connectivity index (χ1n) is 7.95. The zero-order chi connectivity index (χ0) is 14.5. The van der Waals surface area contributed by atoms with E-state index in [-0.39, 0.29) is 5.91 Å². The van der Waals surface area contributed by atoms with Crippen LogP contribution in [0.2, 0.25) is 0 Å². The Balaban J connectivity index is 1.38. The Morgan fingerprint density at radius 2 is 2.00 bits per heavy atom. The molecule has 0 bridgehead atoms. The van der Waals surface area contributed by atoms with Gasteiger partial charge in [0, 0.05) is 23.5 Å². The molecule has 1 N–H and O–H groups in total. The molecule has 1 aromatic heterocycles. The summed E-state index contributed by atoms with van der Waals surface area (Å²) in [5.74, 6) is 3.41. The van der Waals surface area contributed by atoms with Crippen LogP contribution in [0.5, 0.6) is 0 Å². The maximum Gasteiger partial charge on any atom is 0.252 e. The first kappa shape index (κ1) is 15.4. The van der Waals surface area contributed by atoms with E-state index in [0.29, 0.717) is 5.92 Å². The number of hydrogen-bond acceptors (Lipinski definition) is 4. The number of thioether (sulfide) groups is 1. The van der Waals surface area contributed by atoms with Crippen LogP contribution in [-0.4, -0.2) is 48.0 Å². The molecule has 1 aromatic rings. The third-order valence-electron chi connectivity index (χ3n) is 4.69. The average Bonchev–Trinajstić information content (AvgIpc) is 3.08. The van der Waals surface area contributed by atoms with Crippen molar-refractivity contribution in [3.63, 3.8) is 0 Å². The summed E-state index contributed by atoms with van der Waals surface area (Å²) in [7, 11) is 0. The number of amides is 1. The number of nitrogens with one attached hydrogen (secondary N) is 1. The van der Waals surface area contributed by atoms with Crippen LogP contribution in [0.3, 0.4) is 0 Å². The molecule has 0 aliphatic carbocycles. The van der Waals surface area contributed by atoms with Crippen LogP contribution in [0.1, 0.15) is 36.0 Å². The standard InChI is InChI=1S/C16H24N2OS2/c19-16(14-3-8-21-12-14)17-11-13-1-6-18(7-2-13)15-4-9-20-10-5-15/h3,8,12-13,15H,1-2,4-7,9-11H2,(H,17,19). The first-order valence-corrected chi connectivity index (χ1v) is 10.0. The summed E-state index contributed by atoms with van der Waals surface area (Å²) >= 11 is 3.68. The van der Waals surface area contributed by atoms with Crippen molar-refractivity contribution in [2.45, 2.75) is 31.7 Å². The number of likely N-dealkylation sites (tertiary alicyclic amines) is 1. The molecule has 0 saturated carbocycles. The summed E-state index contributed by atoms with van der Waals surface area (Å²) in [4.78, 5) is 14.6. The summed E-state index contributed by atoms with van der Waals surface area (Å²) in [6.45, 7) is 3.27. The van der Waals surface area contributed by atoms with Gasteiger partial charge in [-0.3, -0.25) is 4.79 Å². The molecule has 3 nitrogen and oxygen atoms in total. The lowest BCUT2D eigenvalue weighted by molar-refractivity contribution is 0.0920. The van der Waals surface area contributed by atoms with Gasteiger partial charge in [0.25, 0.3) is 5.91 Å². The fourth-order valence-electron chi connectivity index (χ4n) is 3.31. The van der Waals surface area contributed by atoms with Crippen LogP contribution < -0.4 is 5.32 Å². The zero-order valence-corrected chi connectivity index (χ0v) is 14.1. The van der Waals surface area contributed by atoms with Crippen molar-refractivity contribution >= 4 is 29.0 Å². The van der Waals surface area contributed by atoms with E-state index < -0.39 is 0 Å². The quantitative estimate of drug-likeness (QED) is 0.924. The van der Waals surface area contributed by atoms with Gasteiger partial charge in [0.1, 0.15) is 0 Å². The van der Waals surface area contributed by atoms with Gasteiger partial charge in [-0.25, -0.2) is 0 Å². The number of rotatable bonds is 4. The van der Waals surface area contributed by atoms with E-state index in [2.05, 4.69) is 22.0 Å². The monoisotopic (exact) mass is 324 g/mol. The van der Waals surface area contributed by atoms with Gasteiger partial charge in [0.2, 0.25) is 0 Å². The third kappa shape index (κ3) is 4.24. The Hall–Kier alpha value is -0.520. The molecule has 116 valence electrons. The van der Waals surface area contributed by atoms with Crippen molar-refractivity contribution in [1.29, 1.82) is 0 Å². The minimum Gasteiger partial charge on any atom is -0.352 e. The van der Waals surface area contributed by atoms with Crippen LogP contribution in [0, 0.1) is 5.92 Å². The summed E-state index contributed by atoms with van der Waals surface area (Å²) in [5, 5.41) is 6.96. The molecule has 2 aliphatic heterocycles. The van der Waals surface area contributed by atoms with Crippen molar-refractivity contribution in [1.82, 2.24) is 10.2 Å². The predicted molar refractivity (Wildman–Crippen MR) is 91.3 cm³/mol. The van der Waals surface area contributed by atoms with Gasteiger partial charge in [0.15, 0.2) is 0 Å². The first-order chi connectivity index (χ1) is 10.3. The molecule has 21 heavy (non-hydrogen) atoms. The predicted octanol–water partition coefficient (Wildman–Crippen LogP) is 3.09. The smallest absolute Gasteiger partial charge is 0.252 e. The highest BCUT2D eigenvalue weighted by atomic mass is 32.2. The second-order valence-corrected chi connectivity index (χ2v) is 8.05. The van der Waals surface area contributed by atoms with Crippen molar-refractivity contribution in [3.05, 3.63) is 22.4 Å². The molecule has 0 unspecified atom stereocenters. The fraction of sp³-hybridized carbons (Fsp3) is 0.688. The van der Waals surface area contributed by atoms with Crippen molar-refractivity contribution in [2.24, 2.45) is 5.92 Å². The Morgan fingerprint density at radius 3 is 2.67 bits per heavy atom. The third-order valence-corrected chi connectivity index (χ3v) is 6.42. The lowest BCUT2D eigenvalue weighted by Crippen LogP contribution is -2.44. The van der Waals surface area contributed by atoms with Gasteiger partial charge in [-0.15, -0.1) is 0 Å². The maximum atomic E-state index is 11.9. The highest BCUT2D eigenvalue weighted by Gasteiger charge is 2.26. The molecule has 0 radical (unpaired) electrons. The second kappa shape index (κ2) is 7.65. The van der Waals surface area contributed by atoms with Crippen molar-refractivity contribution < 1.29 is 4.79 Å². The average molecular weight is 325 g/mol. The molecule has 3 heterocycles. The van der Waals surface area contributed by atoms with Crippen LogP contribution in [0.15, 0.2) is 16.8 Å². The van der Waals surface area contributed by atoms with Crippen molar-refractivity contribution in [2.75, 3.05) is 31.1 Å². The molecular formula is C16H24N2OS2. The number of thiophene rings is 1. The van der Waals surface area contributed by atoms with E-state index in [0.717, 1.165) is 18.2 Å². The maximum absolute atomic E-state index is 11.9. The SMILES string of the molecule is O=C(NCC1CCN(C2CCSCC2)CC1)c1ccsc1. The summed E-state index contributed by atoms with van der Waals surface area (Å²) < 4.78 is 0. The highest BCUT2D eigenvalue weighted by Crippen LogP contribution is 2.26. The molecule has 0 aromatic carbocycles. The largest absolute Gasteiger partial charge is 0.352 e. The summed E-state index contributed by atoms with van der Waals surface area (Å²) in [5.41, 5.74) is 0.803. The van der Waals surface area contributed by atoms with Crippen LogP contribution >= 0.6 is 23.1 Å². The second-order valence-electron chi connectivity index (χ2n) is 6.04. The number of nitrogens with zero attached hydrogens (tertiary/aromatic N) is 1. The molecule has 0 atom stereocenters. The van der Waals surface area contributed by atoms with Crippen LogP contribution in [0.25, 0.3) is 0 Å². The van der Waals surface area contributed by atoms with Gasteiger partial charge < -0.3 is 10.2 Å². The number of carbonyl (C=O) groups is 1.